The van der Waals surface area contributed by atoms with E-state index in [1.807, 2.05) is 25.1 Å². The second-order valence-corrected chi connectivity index (χ2v) is 4.48. The van der Waals surface area contributed by atoms with Crippen LogP contribution in [0.2, 0.25) is 5.02 Å². The van der Waals surface area contributed by atoms with Crippen molar-refractivity contribution in [1.29, 1.82) is 0 Å². The van der Waals surface area contributed by atoms with Crippen molar-refractivity contribution in [2.45, 2.75) is 20.3 Å². The van der Waals surface area contributed by atoms with Gasteiger partial charge in [-0.1, -0.05) is 18.5 Å². The van der Waals surface area contributed by atoms with Crippen LogP contribution in [0.1, 0.15) is 19.0 Å². The van der Waals surface area contributed by atoms with Crippen molar-refractivity contribution in [2.75, 3.05) is 12.3 Å². The third-order valence-corrected chi connectivity index (χ3v) is 2.93. The highest BCUT2D eigenvalue weighted by Crippen LogP contribution is 2.25. The fraction of sp³-hybridized carbons (Fsp3) is 0.308. The Balaban J connectivity index is 2.34. The van der Waals surface area contributed by atoms with Gasteiger partial charge in [0.25, 0.3) is 0 Å². The van der Waals surface area contributed by atoms with Crippen LogP contribution in [0.15, 0.2) is 24.4 Å². The number of hydrogen-bond acceptors (Lipinski definition) is 3. The standard InChI is InChI=1S/C13H16ClN3O/c1-3-6-18-13-7-10(4-5-12(13)15)17-8-11(14)9(2)16-17/h4-5,7-8H,3,6,15H2,1-2H3. The van der Waals surface area contributed by atoms with E-state index in [-0.39, 0.29) is 0 Å². The van der Waals surface area contributed by atoms with Gasteiger partial charge in [0.05, 0.1) is 28.7 Å². The molecular formula is C13H16ClN3O. The fourth-order valence-corrected chi connectivity index (χ4v) is 1.70. The summed E-state index contributed by atoms with van der Waals surface area (Å²) in [6.07, 6.45) is 2.71. The molecule has 2 rings (SSSR count). The van der Waals surface area contributed by atoms with Crippen molar-refractivity contribution in [3.63, 3.8) is 0 Å². The molecule has 0 amide bonds. The summed E-state index contributed by atoms with van der Waals surface area (Å²) >= 11 is 5.99. The molecular weight excluding hydrogens is 250 g/mol. The number of nitrogen functional groups attached to an aromatic ring is 1. The molecule has 0 fully saturated rings. The maximum absolute atomic E-state index is 5.99. The van der Waals surface area contributed by atoms with E-state index in [4.69, 9.17) is 22.1 Å². The number of nitrogens with zero attached hydrogens (tertiary/aromatic N) is 2. The van der Waals surface area contributed by atoms with E-state index < -0.39 is 0 Å². The number of hydrogen-bond donors (Lipinski definition) is 1. The van der Waals surface area contributed by atoms with Gasteiger partial charge in [-0.25, -0.2) is 4.68 Å². The third kappa shape index (κ3) is 2.59. The Labute approximate surface area is 111 Å². The van der Waals surface area contributed by atoms with Crippen LogP contribution in [-0.2, 0) is 0 Å². The van der Waals surface area contributed by atoms with Crippen LogP contribution in [0.3, 0.4) is 0 Å². The van der Waals surface area contributed by atoms with Gasteiger partial charge in [-0.15, -0.1) is 0 Å². The lowest BCUT2D eigenvalue weighted by atomic mass is 10.2. The van der Waals surface area contributed by atoms with Crippen molar-refractivity contribution in [3.8, 4) is 11.4 Å². The fourth-order valence-electron chi connectivity index (χ4n) is 1.57. The number of aryl methyl sites for hydroxylation is 1. The second kappa shape index (κ2) is 5.31. The first kappa shape index (κ1) is 12.8. The zero-order valence-corrected chi connectivity index (χ0v) is 11.2. The Morgan fingerprint density at radius 1 is 1.44 bits per heavy atom. The molecule has 0 saturated carbocycles. The lowest BCUT2D eigenvalue weighted by Crippen LogP contribution is -2.01. The molecule has 96 valence electrons. The molecule has 0 aliphatic rings. The molecule has 2 aromatic rings. The van der Waals surface area contributed by atoms with Crippen LogP contribution in [0.5, 0.6) is 5.75 Å². The molecule has 0 aliphatic heterocycles. The number of aromatic nitrogens is 2. The van der Waals surface area contributed by atoms with Crippen molar-refractivity contribution in [3.05, 3.63) is 35.1 Å². The Bertz CT molecular complexity index is 532. The molecule has 5 heteroatoms. The smallest absolute Gasteiger partial charge is 0.144 e. The summed E-state index contributed by atoms with van der Waals surface area (Å²) in [5.74, 6) is 0.679. The van der Waals surface area contributed by atoms with Crippen molar-refractivity contribution in [1.82, 2.24) is 9.78 Å². The average Bonchev–Trinajstić information content (AvgIpc) is 2.69. The normalized spacial score (nSPS) is 10.6. The van der Waals surface area contributed by atoms with E-state index >= 15 is 0 Å². The van der Waals surface area contributed by atoms with Crippen molar-refractivity contribution >= 4 is 17.3 Å². The Hall–Kier alpha value is -1.68. The minimum Gasteiger partial charge on any atom is -0.491 e. The maximum Gasteiger partial charge on any atom is 0.144 e. The number of anilines is 1. The largest absolute Gasteiger partial charge is 0.491 e. The van der Waals surface area contributed by atoms with E-state index in [0.29, 0.717) is 23.1 Å². The van der Waals surface area contributed by atoms with Gasteiger partial charge in [0.15, 0.2) is 0 Å². The molecule has 2 N–H and O–H groups in total. The average molecular weight is 266 g/mol. The van der Waals surface area contributed by atoms with Gasteiger partial charge >= 0.3 is 0 Å². The summed E-state index contributed by atoms with van der Waals surface area (Å²) in [6, 6.07) is 5.57. The molecule has 4 nitrogen and oxygen atoms in total. The quantitative estimate of drug-likeness (QED) is 0.864. The van der Waals surface area contributed by atoms with Gasteiger partial charge in [-0.2, -0.15) is 5.10 Å². The minimum absolute atomic E-state index is 0.627. The van der Waals surface area contributed by atoms with Crippen LogP contribution < -0.4 is 10.5 Å². The molecule has 0 atom stereocenters. The van der Waals surface area contributed by atoms with Gasteiger partial charge in [0, 0.05) is 12.3 Å². The second-order valence-electron chi connectivity index (χ2n) is 4.08. The highest BCUT2D eigenvalue weighted by atomic mass is 35.5. The molecule has 1 heterocycles. The number of halogens is 1. The molecule has 0 bridgehead atoms. The van der Waals surface area contributed by atoms with Crippen LogP contribution in [0.4, 0.5) is 5.69 Å². The topological polar surface area (TPSA) is 53.1 Å². The molecule has 0 saturated heterocycles. The predicted molar refractivity (Wildman–Crippen MR) is 73.5 cm³/mol. The molecule has 1 aromatic carbocycles. The summed E-state index contributed by atoms with van der Waals surface area (Å²) < 4.78 is 7.30. The first-order valence-electron chi connectivity index (χ1n) is 5.86. The number of nitrogens with two attached hydrogens (primary N) is 1. The van der Waals surface area contributed by atoms with Crippen molar-refractivity contribution in [2.24, 2.45) is 0 Å². The molecule has 18 heavy (non-hydrogen) atoms. The van der Waals surface area contributed by atoms with Crippen LogP contribution in [0.25, 0.3) is 5.69 Å². The summed E-state index contributed by atoms with van der Waals surface area (Å²) in [7, 11) is 0. The Morgan fingerprint density at radius 3 is 2.83 bits per heavy atom. The predicted octanol–water partition coefficient (Wildman–Crippen LogP) is 3.21. The maximum atomic E-state index is 5.99. The van der Waals surface area contributed by atoms with Gasteiger partial charge in [-0.3, -0.25) is 0 Å². The van der Waals surface area contributed by atoms with Crippen molar-refractivity contribution < 1.29 is 4.74 Å². The van der Waals surface area contributed by atoms with E-state index in [1.165, 1.54) is 0 Å². The molecule has 0 radical (unpaired) electrons. The lowest BCUT2D eigenvalue weighted by Gasteiger charge is -2.10. The molecule has 0 unspecified atom stereocenters. The van der Waals surface area contributed by atoms with Crippen LogP contribution in [0, 0.1) is 6.92 Å². The number of benzene rings is 1. The minimum atomic E-state index is 0.627. The highest BCUT2D eigenvalue weighted by molar-refractivity contribution is 6.31. The number of ether oxygens (including phenoxy) is 1. The van der Waals surface area contributed by atoms with Gasteiger partial charge in [0.1, 0.15) is 5.75 Å². The first-order valence-corrected chi connectivity index (χ1v) is 6.24. The SMILES string of the molecule is CCCOc1cc(-n2cc(Cl)c(C)n2)ccc1N. The van der Waals surface area contributed by atoms with Crippen LogP contribution >= 0.6 is 11.6 Å². The first-order chi connectivity index (χ1) is 8.61. The summed E-state index contributed by atoms with van der Waals surface area (Å²) in [5, 5.41) is 4.96. The van der Waals surface area contributed by atoms with E-state index in [1.54, 1.807) is 10.9 Å². The Morgan fingerprint density at radius 2 is 2.22 bits per heavy atom. The van der Waals surface area contributed by atoms with E-state index in [0.717, 1.165) is 17.8 Å². The monoisotopic (exact) mass is 265 g/mol. The van der Waals surface area contributed by atoms with E-state index in [2.05, 4.69) is 12.0 Å². The summed E-state index contributed by atoms with van der Waals surface area (Å²) in [5.41, 5.74) is 8.17. The number of rotatable bonds is 4. The van der Waals surface area contributed by atoms with E-state index in [9.17, 15) is 0 Å². The zero-order chi connectivity index (χ0) is 13.1. The zero-order valence-electron chi connectivity index (χ0n) is 10.5. The summed E-state index contributed by atoms with van der Waals surface area (Å²) in [6.45, 7) is 4.56. The van der Waals surface area contributed by atoms with Crippen LogP contribution in [-0.4, -0.2) is 16.4 Å². The molecule has 1 aromatic heterocycles. The van der Waals surface area contributed by atoms with Gasteiger partial charge in [-0.05, 0) is 25.5 Å². The third-order valence-electron chi connectivity index (χ3n) is 2.56. The molecule has 0 spiro atoms. The lowest BCUT2D eigenvalue weighted by molar-refractivity contribution is 0.319. The van der Waals surface area contributed by atoms with Gasteiger partial charge in [0.2, 0.25) is 0 Å². The highest BCUT2D eigenvalue weighted by Gasteiger charge is 2.07. The molecule has 0 aliphatic carbocycles. The van der Waals surface area contributed by atoms with Gasteiger partial charge < -0.3 is 10.5 Å². The Kier molecular flexibility index (Phi) is 3.77. The summed E-state index contributed by atoms with van der Waals surface area (Å²) in [4.78, 5) is 0.